The van der Waals surface area contributed by atoms with Crippen LogP contribution in [0.2, 0.25) is 0 Å². The van der Waals surface area contributed by atoms with Gasteiger partial charge in [0.05, 0.1) is 17.7 Å². The maximum Gasteiger partial charge on any atom is 0.0992 e. The van der Waals surface area contributed by atoms with E-state index in [1.165, 1.54) is 0 Å². The van der Waals surface area contributed by atoms with Gasteiger partial charge in [0.2, 0.25) is 0 Å². The van der Waals surface area contributed by atoms with E-state index in [1.54, 1.807) is 0 Å². The Kier molecular flexibility index (Phi) is 3.40. The summed E-state index contributed by atoms with van der Waals surface area (Å²) in [6, 6.07) is 9.78. The molecule has 84 valence electrons. The van der Waals surface area contributed by atoms with Gasteiger partial charge >= 0.3 is 0 Å². The molecule has 16 heavy (non-hydrogen) atoms. The van der Waals surface area contributed by atoms with Crippen LogP contribution in [0.4, 0.5) is 5.69 Å². The molecular weight excluding hydrogens is 202 g/mol. The Labute approximate surface area is 95.2 Å². The number of hydrogen-bond donors (Lipinski definition) is 1. The topological polar surface area (TPSA) is 62.3 Å². The Hall–Kier alpha value is -1.57. The van der Waals surface area contributed by atoms with Crippen LogP contribution in [0.15, 0.2) is 24.3 Å². The van der Waals surface area contributed by atoms with Crippen LogP contribution in [-0.2, 0) is 4.84 Å². The summed E-state index contributed by atoms with van der Waals surface area (Å²) in [6.45, 7) is 1.79. The van der Waals surface area contributed by atoms with E-state index in [4.69, 9.17) is 16.0 Å². The highest BCUT2D eigenvalue weighted by Gasteiger charge is 2.20. The molecule has 0 saturated carbocycles. The fourth-order valence-corrected chi connectivity index (χ4v) is 2.06. The van der Waals surface area contributed by atoms with Gasteiger partial charge in [-0.3, -0.25) is 4.84 Å². The summed E-state index contributed by atoms with van der Waals surface area (Å²) in [5.41, 5.74) is 1.76. The molecule has 0 amide bonds. The molecule has 0 radical (unpaired) electrons. The number of nitriles is 1. The maximum atomic E-state index is 8.85. The molecule has 2 N–H and O–H groups in total. The smallest absolute Gasteiger partial charge is 0.0992 e. The van der Waals surface area contributed by atoms with Gasteiger partial charge in [-0.15, -0.1) is 0 Å². The average molecular weight is 217 g/mol. The van der Waals surface area contributed by atoms with Gasteiger partial charge in [-0.1, -0.05) is 6.07 Å². The molecular formula is C12H15N3O. The quantitative estimate of drug-likeness (QED) is 0.761. The zero-order chi connectivity index (χ0) is 11.4. The molecule has 4 nitrogen and oxygen atoms in total. The minimum atomic E-state index is 0.0968. The van der Waals surface area contributed by atoms with E-state index in [-0.39, 0.29) is 6.10 Å². The monoisotopic (exact) mass is 217 g/mol. The second kappa shape index (κ2) is 4.97. The lowest BCUT2D eigenvalue weighted by molar-refractivity contribution is 0.0435. The summed E-state index contributed by atoms with van der Waals surface area (Å²) in [5.74, 6) is 5.22. The highest BCUT2D eigenvalue weighted by atomic mass is 16.6. The van der Waals surface area contributed by atoms with Gasteiger partial charge in [-0.05, 0) is 31.0 Å². The molecule has 1 aromatic carbocycles. The Balaban J connectivity index is 2.14. The Bertz CT molecular complexity index is 399. The second-order valence-corrected chi connectivity index (χ2v) is 4.01. The molecule has 4 heteroatoms. The lowest BCUT2D eigenvalue weighted by Gasteiger charge is -2.33. The molecule has 2 rings (SSSR count). The lowest BCUT2D eigenvalue weighted by Crippen LogP contribution is -2.40. The minimum absolute atomic E-state index is 0.0968. The zero-order valence-corrected chi connectivity index (χ0v) is 9.10. The number of anilines is 1. The summed E-state index contributed by atoms with van der Waals surface area (Å²) in [7, 11) is 0. The minimum Gasteiger partial charge on any atom is -0.369 e. The molecule has 0 aliphatic carbocycles. The van der Waals surface area contributed by atoms with Crippen molar-refractivity contribution < 1.29 is 4.84 Å². The highest BCUT2D eigenvalue weighted by molar-refractivity contribution is 5.51. The fraction of sp³-hybridized carbons (Fsp3) is 0.417. The first kappa shape index (κ1) is 10.9. The maximum absolute atomic E-state index is 8.85. The molecule has 1 atom stereocenters. The van der Waals surface area contributed by atoms with Crippen LogP contribution >= 0.6 is 0 Å². The fourth-order valence-electron chi connectivity index (χ4n) is 2.06. The van der Waals surface area contributed by atoms with Crippen molar-refractivity contribution in [1.29, 1.82) is 5.26 Å². The van der Waals surface area contributed by atoms with Gasteiger partial charge < -0.3 is 4.90 Å². The molecule has 1 aromatic rings. The van der Waals surface area contributed by atoms with Gasteiger partial charge in [0.15, 0.2) is 0 Å². The van der Waals surface area contributed by atoms with Crippen molar-refractivity contribution in [2.24, 2.45) is 5.90 Å². The van der Waals surface area contributed by atoms with E-state index in [9.17, 15) is 0 Å². The Morgan fingerprint density at radius 3 is 3.12 bits per heavy atom. The van der Waals surface area contributed by atoms with Crippen molar-refractivity contribution in [3.63, 3.8) is 0 Å². The average Bonchev–Trinajstić information content (AvgIpc) is 2.39. The van der Waals surface area contributed by atoms with Gasteiger partial charge in [0.25, 0.3) is 0 Å². The standard InChI is InChI=1S/C12H15N3O/c13-8-10-3-1-4-11(7-10)15-6-2-5-12(9-15)16-14/h1,3-4,7,12H,2,5-6,9,14H2. The lowest BCUT2D eigenvalue weighted by atomic mass is 10.1. The molecule has 1 aliphatic rings. The van der Waals surface area contributed by atoms with Crippen LogP contribution in [0.1, 0.15) is 18.4 Å². The number of nitrogens with two attached hydrogens (primary N) is 1. The van der Waals surface area contributed by atoms with E-state index < -0.39 is 0 Å². The van der Waals surface area contributed by atoms with E-state index in [0.717, 1.165) is 31.6 Å². The van der Waals surface area contributed by atoms with Crippen LogP contribution in [0, 0.1) is 11.3 Å². The first-order chi connectivity index (χ1) is 7.83. The molecule has 0 spiro atoms. The summed E-state index contributed by atoms with van der Waals surface area (Å²) in [5, 5.41) is 8.85. The predicted octanol–water partition coefficient (Wildman–Crippen LogP) is 1.42. The van der Waals surface area contributed by atoms with Crippen LogP contribution < -0.4 is 10.8 Å². The van der Waals surface area contributed by atoms with Crippen molar-refractivity contribution in [3.8, 4) is 6.07 Å². The summed E-state index contributed by atoms with van der Waals surface area (Å²) in [6.07, 6.45) is 2.17. The van der Waals surface area contributed by atoms with Crippen molar-refractivity contribution in [2.75, 3.05) is 18.0 Å². The summed E-state index contributed by atoms with van der Waals surface area (Å²) >= 11 is 0. The number of rotatable bonds is 2. The van der Waals surface area contributed by atoms with E-state index in [2.05, 4.69) is 11.0 Å². The number of hydrogen-bond acceptors (Lipinski definition) is 4. The number of benzene rings is 1. The van der Waals surface area contributed by atoms with E-state index in [0.29, 0.717) is 5.56 Å². The first-order valence-corrected chi connectivity index (χ1v) is 5.44. The van der Waals surface area contributed by atoms with Gasteiger partial charge in [-0.25, -0.2) is 5.90 Å². The number of piperidine rings is 1. The third kappa shape index (κ3) is 2.32. The molecule has 1 heterocycles. The van der Waals surface area contributed by atoms with Crippen molar-refractivity contribution >= 4 is 5.69 Å². The van der Waals surface area contributed by atoms with Crippen molar-refractivity contribution in [1.82, 2.24) is 0 Å². The normalized spacial score (nSPS) is 20.5. The Morgan fingerprint density at radius 2 is 2.38 bits per heavy atom. The third-order valence-corrected chi connectivity index (χ3v) is 2.91. The SMILES string of the molecule is N#Cc1cccc(N2CCCC(ON)C2)c1. The van der Waals surface area contributed by atoms with Crippen molar-refractivity contribution in [2.45, 2.75) is 18.9 Å². The first-order valence-electron chi connectivity index (χ1n) is 5.44. The molecule has 1 unspecified atom stereocenters. The summed E-state index contributed by atoms with van der Waals surface area (Å²) < 4.78 is 0. The second-order valence-electron chi connectivity index (χ2n) is 4.01. The molecule has 1 saturated heterocycles. The van der Waals surface area contributed by atoms with E-state index >= 15 is 0 Å². The molecule has 0 bridgehead atoms. The van der Waals surface area contributed by atoms with Crippen LogP contribution in [-0.4, -0.2) is 19.2 Å². The van der Waals surface area contributed by atoms with E-state index in [1.807, 2.05) is 24.3 Å². The van der Waals surface area contributed by atoms with Crippen molar-refractivity contribution in [3.05, 3.63) is 29.8 Å². The zero-order valence-electron chi connectivity index (χ0n) is 9.10. The molecule has 1 fully saturated rings. The van der Waals surface area contributed by atoms with Gasteiger partial charge in [0.1, 0.15) is 0 Å². The van der Waals surface area contributed by atoms with Crippen LogP contribution in [0.25, 0.3) is 0 Å². The highest BCUT2D eigenvalue weighted by Crippen LogP contribution is 2.21. The molecule has 1 aliphatic heterocycles. The molecule has 0 aromatic heterocycles. The third-order valence-electron chi connectivity index (χ3n) is 2.91. The Morgan fingerprint density at radius 1 is 1.50 bits per heavy atom. The van der Waals surface area contributed by atoms with Gasteiger partial charge in [0, 0.05) is 18.8 Å². The van der Waals surface area contributed by atoms with Crippen LogP contribution in [0.5, 0.6) is 0 Å². The summed E-state index contributed by atoms with van der Waals surface area (Å²) in [4.78, 5) is 7.10. The number of nitrogens with zero attached hydrogens (tertiary/aromatic N) is 2. The van der Waals surface area contributed by atoms with Gasteiger partial charge in [-0.2, -0.15) is 5.26 Å². The predicted molar refractivity (Wildman–Crippen MR) is 61.7 cm³/mol. The largest absolute Gasteiger partial charge is 0.369 e. The van der Waals surface area contributed by atoms with Crippen LogP contribution in [0.3, 0.4) is 0 Å².